The average Bonchev–Trinajstić information content (AvgIpc) is 2.91. The Morgan fingerprint density at radius 1 is 0.950 bits per heavy atom. The molecule has 0 saturated heterocycles. The topological polar surface area (TPSA) is 86.8 Å². The molecular weight excluding hydrogens is 569 g/mol. The van der Waals surface area contributed by atoms with Crippen LogP contribution in [0.25, 0.3) is 0 Å². The third-order valence-corrected chi connectivity index (χ3v) is 9.12. The number of hydrogen-bond donors (Lipinski definition) is 1. The second kappa shape index (κ2) is 13.5. The second-order valence-electron chi connectivity index (χ2n) is 9.87. The maximum absolute atomic E-state index is 14.0. The lowest BCUT2D eigenvalue weighted by Gasteiger charge is -2.33. The van der Waals surface area contributed by atoms with Gasteiger partial charge >= 0.3 is 0 Å². The number of hydrogen-bond acceptors (Lipinski definition) is 4. The Balaban J connectivity index is 2.07. The molecule has 0 unspecified atom stereocenters. The van der Waals surface area contributed by atoms with Crippen LogP contribution in [-0.2, 0) is 26.2 Å². The summed E-state index contributed by atoms with van der Waals surface area (Å²) in [4.78, 5) is 28.6. The van der Waals surface area contributed by atoms with Crippen molar-refractivity contribution in [1.82, 2.24) is 10.2 Å². The zero-order valence-corrected chi connectivity index (χ0v) is 25.6. The molecule has 0 saturated carbocycles. The summed E-state index contributed by atoms with van der Waals surface area (Å²) in [7, 11) is -4.13. The van der Waals surface area contributed by atoms with Gasteiger partial charge in [-0.1, -0.05) is 72.1 Å². The molecule has 2 amide bonds. The van der Waals surface area contributed by atoms with E-state index in [1.165, 1.54) is 17.0 Å². The van der Waals surface area contributed by atoms with Crippen LogP contribution < -0.4 is 9.62 Å². The van der Waals surface area contributed by atoms with Crippen molar-refractivity contribution in [1.29, 1.82) is 0 Å². The van der Waals surface area contributed by atoms with Crippen LogP contribution >= 0.6 is 23.2 Å². The van der Waals surface area contributed by atoms with E-state index < -0.39 is 28.5 Å². The molecule has 0 aliphatic rings. The van der Waals surface area contributed by atoms with E-state index in [1.54, 1.807) is 62.4 Å². The van der Waals surface area contributed by atoms with Gasteiger partial charge in [-0.3, -0.25) is 13.9 Å². The maximum atomic E-state index is 14.0. The van der Waals surface area contributed by atoms with E-state index in [9.17, 15) is 18.0 Å². The SMILES string of the molecule is CC[C@@H](C)NC(=O)[C@H](C)N(Cc1ccc(Cl)cc1Cl)C(=O)CN(c1ccc(C)cc1C)S(=O)(=O)c1ccccc1. The smallest absolute Gasteiger partial charge is 0.264 e. The average molecular weight is 605 g/mol. The fourth-order valence-electron chi connectivity index (χ4n) is 4.20. The summed E-state index contributed by atoms with van der Waals surface area (Å²) in [6, 6.07) is 17.2. The Morgan fingerprint density at radius 2 is 1.62 bits per heavy atom. The van der Waals surface area contributed by atoms with Crippen molar-refractivity contribution in [3.63, 3.8) is 0 Å². The molecule has 214 valence electrons. The lowest BCUT2D eigenvalue weighted by Crippen LogP contribution is -2.52. The van der Waals surface area contributed by atoms with Gasteiger partial charge in [0, 0.05) is 22.6 Å². The molecule has 1 N–H and O–H groups in total. The molecular formula is C30H35Cl2N3O4S. The monoisotopic (exact) mass is 603 g/mol. The molecule has 0 heterocycles. The van der Waals surface area contributed by atoms with Crippen LogP contribution in [0.15, 0.2) is 71.6 Å². The molecule has 0 aliphatic heterocycles. The predicted molar refractivity (Wildman–Crippen MR) is 161 cm³/mol. The molecule has 0 aliphatic carbocycles. The van der Waals surface area contributed by atoms with E-state index in [2.05, 4.69) is 5.32 Å². The van der Waals surface area contributed by atoms with E-state index in [-0.39, 0.29) is 23.4 Å². The zero-order valence-electron chi connectivity index (χ0n) is 23.3. The standard InChI is InChI=1S/C30H35Cl2N3O4S/c1-6-22(4)33-30(37)23(5)34(18-24-13-14-25(31)17-27(24)32)29(36)19-35(28-15-12-20(2)16-21(28)3)40(38,39)26-10-8-7-9-11-26/h7-17,22-23H,6,18-19H2,1-5H3,(H,33,37)/t22-,23+/m1/s1. The number of nitrogens with zero attached hydrogens (tertiary/aromatic N) is 2. The van der Waals surface area contributed by atoms with Gasteiger partial charge in [0.1, 0.15) is 12.6 Å². The van der Waals surface area contributed by atoms with Crippen molar-refractivity contribution in [2.24, 2.45) is 0 Å². The summed E-state index contributed by atoms with van der Waals surface area (Å²) in [5.41, 5.74) is 2.61. The number of carbonyl (C=O) groups is 2. The summed E-state index contributed by atoms with van der Waals surface area (Å²) in [5, 5.41) is 3.68. The first kappa shape index (κ1) is 31.5. The van der Waals surface area contributed by atoms with Crippen LogP contribution in [0.5, 0.6) is 0 Å². The zero-order chi connectivity index (χ0) is 29.6. The van der Waals surface area contributed by atoms with E-state index in [1.807, 2.05) is 26.8 Å². The maximum Gasteiger partial charge on any atom is 0.264 e. The van der Waals surface area contributed by atoms with Gasteiger partial charge in [-0.05, 0) is 75.6 Å². The largest absolute Gasteiger partial charge is 0.352 e. The first-order valence-corrected chi connectivity index (χ1v) is 15.2. The normalized spacial score (nSPS) is 12.9. The van der Waals surface area contributed by atoms with Gasteiger partial charge in [-0.15, -0.1) is 0 Å². The Morgan fingerprint density at radius 3 is 2.23 bits per heavy atom. The van der Waals surface area contributed by atoms with Crippen molar-refractivity contribution in [2.75, 3.05) is 10.8 Å². The molecule has 0 radical (unpaired) electrons. The second-order valence-corrected chi connectivity index (χ2v) is 12.6. The number of benzene rings is 3. The first-order chi connectivity index (χ1) is 18.8. The molecule has 3 aromatic carbocycles. The lowest BCUT2D eigenvalue weighted by atomic mass is 10.1. The van der Waals surface area contributed by atoms with Gasteiger partial charge in [0.15, 0.2) is 0 Å². The number of amides is 2. The van der Waals surface area contributed by atoms with Gasteiger partial charge in [0.2, 0.25) is 11.8 Å². The van der Waals surface area contributed by atoms with Gasteiger partial charge in [-0.25, -0.2) is 8.42 Å². The minimum atomic E-state index is -4.13. The Labute approximate surface area is 247 Å². The quantitative estimate of drug-likeness (QED) is 0.285. The highest BCUT2D eigenvalue weighted by Gasteiger charge is 2.33. The van der Waals surface area contributed by atoms with Gasteiger partial charge < -0.3 is 10.2 Å². The summed E-state index contributed by atoms with van der Waals surface area (Å²) < 4.78 is 28.9. The van der Waals surface area contributed by atoms with Crippen LogP contribution in [0.3, 0.4) is 0 Å². The number of nitrogens with one attached hydrogen (secondary N) is 1. The van der Waals surface area contributed by atoms with Crippen LogP contribution in [0.2, 0.25) is 10.0 Å². The summed E-state index contributed by atoms with van der Waals surface area (Å²) in [6.07, 6.45) is 0.714. The van der Waals surface area contributed by atoms with Gasteiger partial charge in [-0.2, -0.15) is 0 Å². The molecule has 0 aromatic heterocycles. The fraction of sp³-hybridized carbons (Fsp3) is 0.333. The molecule has 0 bridgehead atoms. The Hall–Kier alpha value is -3.07. The Kier molecular flexibility index (Phi) is 10.6. The van der Waals surface area contributed by atoms with E-state index in [0.29, 0.717) is 33.3 Å². The number of anilines is 1. The summed E-state index contributed by atoms with van der Waals surface area (Å²) in [6.45, 7) is 8.61. The highest BCUT2D eigenvalue weighted by Crippen LogP contribution is 2.29. The highest BCUT2D eigenvalue weighted by molar-refractivity contribution is 7.92. The van der Waals surface area contributed by atoms with Gasteiger partial charge in [0.25, 0.3) is 10.0 Å². The minimum absolute atomic E-state index is 0.0178. The number of aryl methyl sites for hydroxylation is 2. The van der Waals surface area contributed by atoms with E-state index in [4.69, 9.17) is 23.2 Å². The van der Waals surface area contributed by atoms with Crippen LogP contribution in [0.4, 0.5) is 5.69 Å². The van der Waals surface area contributed by atoms with E-state index in [0.717, 1.165) is 9.87 Å². The van der Waals surface area contributed by atoms with Crippen molar-refractivity contribution in [3.8, 4) is 0 Å². The van der Waals surface area contributed by atoms with Crippen LogP contribution in [-0.4, -0.2) is 43.8 Å². The number of rotatable bonds is 11. The highest BCUT2D eigenvalue weighted by atomic mass is 35.5. The molecule has 2 atom stereocenters. The van der Waals surface area contributed by atoms with Crippen LogP contribution in [0.1, 0.15) is 43.9 Å². The predicted octanol–water partition coefficient (Wildman–Crippen LogP) is 6.14. The number of carbonyl (C=O) groups excluding carboxylic acids is 2. The molecule has 3 aromatic rings. The fourth-order valence-corrected chi connectivity index (χ4v) is 6.17. The van der Waals surface area contributed by atoms with Crippen molar-refractivity contribution < 1.29 is 18.0 Å². The summed E-state index contributed by atoms with van der Waals surface area (Å²) >= 11 is 12.5. The van der Waals surface area contributed by atoms with Crippen LogP contribution in [0, 0.1) is 13.8 Å². The third kappa shape index (κ3) is 7.56. The van der Waals surface area contributed by atoms with Crippen molar-refractivity contribution >= 4 is 50.7 Å². The van der Waals surface area contributed by atoms with Crippen molar-refractivity contribution in [3.05, 3.63) is 93.5 Å². The lowest BCUT2D eigenvalue weighted by molar-refractivity contribution is -0.139. The Bertz CT molecular complexity index is 1470. The first-order valence-electron chi connectivity index (χ1n) is 13.0. The number of sulfonamides is 1. The molecule has 40 heavy (non-hydrogen) atoms. The molecule has 3 rings (SSSR count). The van der Waals surface area contributed by atoms with E-state index >= 15 is 0 Å². The third-order valence-electron chi connectivity index (χ3n) is 6.76. The molecule has 0 spiro atoms. The van der Waals surface area contributed by atoms with Gasteiger partial charge in [0.05, 0.1) is 10.6 Å². The minimum Gasteiger partial charge on any atom is -0.352 e. The molecule has 0 fully saturated rings. The molecule has 10 heteroatoms. The molecule has 7 nitrogen and oxygen atoms in total. The summed E-state index contributed by atoms with van der Waals surface area (Å²) in [5.74, 6) is -0.908. The van der Waals surface area contributed by atoms with Crippen molar-refractivity contribution in [2.45, 2.75) is 64.6 Å². The number of halogens is 2.